The van der Waals surface area contributed by atoms with Gasteiger partial charge in [0, 0.05) is 11.6 Å². The summed E-state index contributed by atoms with van der Waals surface area (Å²) >= 11 is 0. The molecule has 0 aliphatic heterocycles. The van der Waals surface area contributed by atoms with Crippen LogP contribution in [0.5, 0.6) is 11.5 Å². The highest BCUT2D eigenvalue weighted by molar-refractivity contribution is 6.00. The molecule has 0 aliphatic carbocycles. The van der Waals surface area contributed by atoms with E-state index in [0.29, 0.717) is 5.69 Å². The lowest BCUT2D eigenvalue weighted by molar-refractivity contribution is 0.0988. The molecule has 17 heavy (non-hydrogen) atoms. The minimum atomic E-state index is -0.278. The van der Waals surface area contributed by atoms with Gasteiger partial charge < -0.3 is 14.7 Å². The van der Waals surface area contributed by atoms with Gasteiger partial charge in [-0.3, -0.25) is 4.79 Å². The molecule has 0 aliphatic rings. The van der Waals surface area contributed by atoms with Crippen LogP contribution in [0.1, 0.15) is 21.6 Å². The average molecular weight is 233 g/mol. The summed E-state index contributed by atoms with van der Waals surface area (Å²) in [4.78, 5) is 11.9. The van der Waals surface area contributed by atoms with Crippen LogP contribution in [0.4, 0.5) is 0 Å². The number of aromatic hydroxyl groups is 2. The van der Waals surface area contributed by atoms with E-state index in [1.54, 1.807) is 6.07 Å². The van der Waals surface area contributed by atoms with E-state index in [2.05, 4.69) is 9.68 Å². The summed E-state index contributed by atoms with van der Waals surface area (Å²) in [5, 5.41) is 22.7. The van der Waals surface area contributed by atoms with Crippen molar-refractivity contribution >= 4 is 5.78 Å². The van der Waals surface area contributed by atoms with E-state index in [1.165, 1.54) is 25.3 Å². The fourth-order valence-corrected chi connectivity index (χ4v) is 1.50. The van der Waals surface area contributed by atoms with Gasteiger partial charge >= 0.3 is 0 Å². The molecule has 5 heteroatoms. The number of hydrogen-bond acceptors (Lipinski definition) is 5. The van der Waals surface area contributed by atoms with Crippen LogP contribution in [0.15, 0.2) is 29.0 Å². The molecule has 1 aromatic carbocycles. The normalized spacial score (nSPS) is 10.4. The first-order valence-corrected chi connectivity index (χ1v) is 5.03. The maximum absolute atomic E-state index is 11.9. The molecule has 0 amide bonds. The number of Topliss-reactive ketones (excluding diaryl/α,β-unsaturated/α-hetero) is 1. The maximum atomic E-state index is 11.9. The van der Waals surface area contributed by atoms with Crippen LogP contribution in [0, 0.1) is 6.92 Å². The summed E-state index contributed by atoms with van der Waals surface area (Å²) in [5.74, 6) is -0.515. The first-order chi connectivity index (χ1) is 8.09. The van der Waals surface area contributed by atoms with Crippen LogP contribution in [0.2, 0.25) is 0 Å². The predicted octanol–water partition coefficient (Wildman–Crippen LogP) is 1.82. The Hall–Kier alpha value is -2.30. The van der Waals surface area contributed by atoms with Crippen LogP contribution in [0.25, 0.3) is 0 Å². The lowest BCUT2D eigenvalue weighted by Gasteiger charge is -2.06. The van der Waals surface area contributed by atoms with Crippen LogP contribution in [-0.2, 0) is 6.42 Å². The van der Waals surface area contributed by atoms with Crippen molar-refractivity contribution < 1.29 is 19.5 Å². The van der Waals surface area contributed by atoms with Crippen molar-refractivity contribution in [1.82, 2.24) is 5.16 Å². The Morgan fingerprint density at radius 1 is 1.35 bits per heavy atom. The summed E-state index contributed by atoms with van der Waals surface area (Å²) in [7, 11) is 0. The first-order valence-electron chi connectivity index (χ1n) is 5.03. The topological polar surface area (TPSA) is 83.6 Å². The average Bonchev–Trinajstić information content (AvgIpc) is 2.78. The third-order valence-electron chi connectivity index (χ3n) is 2.54. The third kappa shape index (κ3) is 2.13. The molecule has 0 saturated carbocycles. The lowest BCUT2D eigenvalue weighted by atomic mass is 10.0. The van der Waals surface area contributed by atoms with Crippen molar-refractivity contribution in [3.8, 4) is 11.5 Å². The number of phenolic OH excluding ortho intramolecular Hbond substituents is 2. The summed E-state index contributed by atoms with van der Waals surface area (Å²) < 4.78 is 4.62. The maximum Gasteiger partial charge on any atom is 0.172 e. The van der Waals surface area contributed by atoms with Crippen LogP contribution in [-0.4, -0.2) is 21.2 Å². The van der Waals surface area contributed by atoms with E-state index in [4.69, 9.17) is 0 Å². The summed E-state index contributed by atoms with van der Waals surface area (Å²) in [6.45, 7) is 1.54. The van der Waals surface area contributed by atoms with E-state index < -0.39 is 0 Å². The second-order valence-corrected chi connectivity index (χ2v) is 3.70. The highest BCUT2D eigenvalue weighted by atomic mass is 16.5. The summed E-state index contributed by atoms with van der Waals surface area (Å²) in [5.41, 5.74) is 0.958. The van der Waals surface area contributed by atoms with Gasteiger partial charge in [0.15, 0.2) is 5.78 Å². The number of ketones is 1. The highest BCUT2D eigenvalue weighted by Crippen LogP contribution is 2.30. The van der Waals surface area contributed by atoms with E-state index >= 15 is 0 Å². The largest absolute Gasteiger partial charge is 0.508 e. The van der Waals surface area contributed by atoms with E-state index in [1.807, 2.05) is 0 Å². The van der Waals surface area contributed by atoms with Gasteiger partial charge in [-0.1, -0.05) is 5.16 Å². The molecule has 1 heterocycles. The van der Waals surface area contributed by atoms with Gasteiger partial charge in [-0.2, -0.15) is 0 Å². The van der Waals surface area contributed by atoms with Gasteiger partial charge in [-0.25, -0.2) is 0 Å². The highest BCUT2D eigenvalue weighted by Gasteiger charge is 2.16. The number of carbonyl (C=O) groups excluding carboxylic acids is 1. The number of phenols is 2. The molecule has 0 saturated heterocycles. The van der Waals surface area contributed by atoms with Crippen LogP contribution in [0.3, 0.4) is 0 Å². The van der Waals surface area contributed by atoms with Crippen molar-refractivity contribution in [2.24, 2.45) is 0 Å². The van der Waals surface area contributed by atoms with E-state index in [9.17, 15) is 15.0 Å². The predicted molar refractivity (Wildman–Crippen MR) is 59.0 cm³/mol. The Bertz CT molecular complexity index is 546. The Labute approximate surface area is 97.3 Å². The monoisotopic (exact) mass is 233 g/mol. The van der Waals surface area contributed by atoms with Gasteiger partial charge in [0.25, 0.3) is 0 Å². The van der Waals surface area contributed by atoms with Crippen molar-refractivity contribution in [2.45, 2.75) is 13.3 Å². The third-order valence-corrected chi connectivity index (χ3v) is 2.54. The Morgan fingerprint density at radius 2 is 2.12 bits per heavy atom. The van der Waals surface area contributed by atoms with Gasteiger partial charge in [0.1, 0.15) is 17.8 Å². The van der Waals surface area contributed by atoms with Crippen LogP contribution >= 0.6 is 0 Å². The molecule has 2 aromatic rings. The SMILES string of the molecule is Cc1c(O)ccc(C(=O)Cc2ccon2)c1O. The van der Waals surface area contributed by atoms with Gasteiger partial charge in [-0.05, 0) is 19.1 Å². The standard InChI is InChI=1S/C12H11NO4/c1-7-10(14)3-2-9(12(7)16)11(15)6-8-4-5-17-13-8/h2-5,14,16H,6H2,1H3. The Balaban J connectivity index is 2.29. The number of nitrogens with zero attached hydrogens (tertiary/aromatic N) is 1. The second kappa shape index (κ2) is 4.29. The van der Waals surface area contributed by atoms with E-state index in [0.717, 1.165) is 0 Å². The smallest absolute Gasteiger partial charge is 0.172 e. The van der Waals surface area contributed by atoms with Gasteiger partial charge in [-0.15, -0.1) is 0 Å². The number of carbonyl (C=O) groups is 1. The molecule has 5 nitrogen and oxygen atoms in total. The van der Waals surface area contributed by atoms with Crippen molar-refractivity contribution in [3.63, 3.8) is 0 Å². The molecule has 0 fully saturated rings. The number of hydrogen-bond donors (Lipinski definition) is 2. The lowest BCUT2D eigenvalue weighted by Crippen LogP contribution is -2.04. The molecule has 0 unspecified atom stereocenters. The second-order valence-electron chi connectivity index (χ2n) is 3.70. The van der Waals surface area contributed by atoms with Crippen molar-refractivity contribution in [2.75, 3.05) is 0 Å². The molecule has 2 N–H and O–H groups in total. The first kappa shape index (κ1) is 11.2. The summed E-state index contributed by atoms with van der Waals surface area (Å²) in [6, 6.07) is 4.35. The Morgan fingerprint density at radius 3 is 2.76 bits per heavy atom. The summed E-state index contributed by atoms with van der Waals surface area (Å²) in [6.07, 6.45) is 1.43. The molecular formula is C12H11NO4. The molecule has 0 radical (unpaired) electrons. The number of rotatable bonds is 3. The fourth-order valence-electron chi connectivity index (χ4n) is 1.50. The molecule has 0 atom stereocenters. The molecule has 1 aromatic heterocycles. The van der Waals surface area contributed by atoms with Gasteiger partial charge in [0.2, 0.25) is 0 Å². The molecule has 88 valence electrons. The van der Waals surface area contributed by atoms with Gasteiger partial charge in [0.05, 0.1) is 17.7 Å². The Kier molecular flexibility index (Phi) is 2.82. The van der Waals surface area contributed by atoms with E-state index in [-0.39, 0.29) is 34.8 Å². The molecule has 0 bridgehead atoms. The zero-order chi connectivity index (χ0) is 12.4. The minimum Gasteiger partial charge on any atom is -0.508 e. The zero-order valence-electron chi connectivity index (χ0n) is 9.17. The molecular weight excluding hydrogens is 222 g/mol. The van der Waals surface area contributed by atoms with Crippen molar-refractivity contribution in [1.29, 1.82) is 0 Å². The van der Waals surface area contributed by atoms with Crippen LogP contribution < -0.4 is 0 Å². The minimum absolute atomic E-state index is 0.0412. The zero-order valence-corrected chi connectivity index (χ0v) is 9.17. The fraction of sp³-hybridized carbons (Fsp3) is 0.167. The number of aromatic nitrogens is 1. The molecule has 2 rings (SSSR count). The van der Waals surface area contributed by atoms with Crippen molar-refractivity contribution in [3.05, 3.63) is 41.3 Å². The quantitative estimate of drug-likeness (QED) is 0.790. The number of benzene rings is 1. The molecule has 0 spiro atoms.